The van der Waals surface area contributed by atoms with Crippen molar-refractivity contribution in [2.24, 2.45) is 5.41 Å². The third-order valence-electron chi connectivity index (χ3n) is 4.81. The Labute approximate surface area is 125 Å². The van der Waals surface area contributed by atoms with Crippen LogP contribution in [0.25, 0.3) is 0 Å². The largest absolute Gasteiger partial charge is 0.349 e. The topological polar surface area (TPSA) is 58.2 Å². The summed E-state index contributed by atoms with van der Waals surface area (Å²) in [6.45, 7) is 4.44. The van der Waals surface area contributed by atoms with Gasteiger partial charge in [0.2, 0.25) is 5.91 Å². The SMILES string of the molecule is CC1(C)CCCCC1NC(=O)c1ccc2c(c1)NC(=O)C2. The van der Waals surface area contributed by atoms with E-state index in [9.17, 15) is 9.59 Å². The minimum atomic E-state index is -0.0427. The number of rotatable bonds is 2. The first-order valence-electron chi connectivity index (χ1n) is 7.69. The third kappa shape index (κ3) is 2.80. The van der Waals surface area contributed by atoms with Crippen LogP contribution in [-0.2, 0) is 11.2 Å². The minimum absolute atomic E-state index is 0.00373. The Kier molecular flexibility index (Phi) is 3.47. The Morgan fingerprint density at radius 3 is 2.90 bits per heavy atom. The van der Waals surface area contributed by atoms with Gasteiger partial charge in [-0.25, -0.2) is 0 Å². The van der Waals surface area contributed by atoms with Crippen molar-refractivity contribution in [3.8, 4) is 0 Å². The molecule has 2 N–H and O–H groups in total. The average molecular weight is 286 g/mol. The molecule has 1 fully saturated rings. The lowest BCUT2D eigenvalue weighted by molar-refractivity contribution is -0.115. The molecule has 0 aromatic heterocycles. The van der Waals surface area contributed by atoms with Crippen LogP contribution in [0.15, 0.2) is 18.2 Å². The highest BCUT2D eigenvalue weighted by Gasteiger charge is 2.33. The second kappa shape index (κ2) is 5.17. The van der Waals surface area contributed by atoms with Crippen molar-refractivity contribution in [3.05, 3.63) is 29.3 Å². The van der Waals surface area contributed by atoms with Crippen molar-refractivity contribution in [2.75, 3.05) is 5.32 Å². The van der Waals surface area contributed by atoms with Gasteiger partial charge < -0.3 is 10.6 Å². The van der Waals surface area contributed by atoms with E-state index in [-0.39, 0.29) is 23.3 Å². The van der Waals surface area contributed by atoms with Crippen molar-refractivity contribution >= 4 is 17.5 Å². The summed E-state index contributed by atoms with van der Waals surface area (Å²) >= 11 is 0. The van der Waals surface area contributed by atoms with E-state index in [4.69, 9.17) is 0 Å². The molecule has 2 amide bonds. The Hall–Kier alpha value is -1.84. The van der Waals surface area contributed by atoms with Crippen molar-refractivity contribution in [1.29, 1.82) is 0 Å². The summed E-state index contributed by atoms with van der Waals surface area (Å²) in [5.74, 6) is -0.0464. The number of carbonyl (C=O) groups excluding carboxylic acids is 2. The average Bonchev–Trinajstić information content (AvgIpc) is 2.80. The highest BCUT2D eigenvalue weighted by Crippen LogP contribution is 2.35. The molecule has 1 saturated carbocycles. The fraction of sp³-hybridized carbons (Fsp3) is 0.529. The van der Waals surface area contributed by atoms with Crippen LogP contribution in [0.2, 0.25) is 0 Å². The van der Waals surface area contributed by atoms with Crippen molar-refractivity contribution in [1.82, 2.24) is 5.32 Å². The molecule has 21 heavy (non-hydrogen) atoms. The number of nitrogens with one attached hydrogen (secondary N) is 2. The van der Waals surface area contributed by atoms with Crippen LogP contribution in [0.5, 0.6) is 0 Å². The summed E-state index contributed by atoms with van der Waals surface area (Å²) in [6, 6.07) is 5.69. The van der Waals surface area contributed by atoms with Gasteiger partial charge in [-0.05, 0) is 36.0 Å². The van der Waals surface area contributed by atoms with E-state index in [1.807, 2.05) is 12.1 Å². The molecular weight excluding hydrogens is 264 g/mol. The molecule has 112 valence electrons. The predicted molar refractivity (Wildman–Crippen MR) is 82.3 cm³/mol. The van der Waals surface area contributed by atoms with Gasteiger partial charge in [0.25, 0.3) is 5.91 Å². The molecule has 1 aromatic carbocycles. The fourth-order valence-electron chi connectivity index (χ4n) is 3.36. The third-order valence-corrected chi connectivity index (χ3v) is 4.81. The molecule has 1 aromatic rings. The Morgan fingerprint density at radius 2 is 2.14 bits per heavy atom. The van der Waals surface area contributed by atoms with Gasteiger partial charge in [0.1, 0.15) is 0 Å². The second-order valence-electron chi connectivity index (χ2n) is 6.86. The van der Waals surface area contributed by atoms with Crippen molar-refractivity contribution in [3.63, 3.8) is 0 Å². The predicted octanol–water partition coefficient (Wildman–Crippen LogP) is 2.88. The summed E-state index contributed by atoms with van der Waals surface area (Å²) in [4.78, 5) is 23.8. The molecule has 2 aliphatic rings. The molecule has 0 bridgehead atoms. The molecule has 0 spiro atoms. The van der Waals surface area contributed by atoms with Crippen LogP contribution < -0.4 is 10.6 Å². The summed E-state index contributed by atoms with van der Waals surface area (Å²) in [5, 5.41) is 5.97. The maximum atomic E-state index is 12.5. The van der Waals surface area contributed by atoms with Crippen LogP contribution in [-0.4, -0.2) is 17.9 Å². The van der Waals surface area contributed by atoms with Crippen LogP contribution in [0, 0.1) is 5.41 Å². The smallest absolute Gasteiger partial charge is 0.251 e. The summed E-state index contributed by atoms with van der Waals surface area (Å²) in [7, 11) is 0. The molecule has 4 heteroatoms. The van der Waals surface area contributed by atoms with Crippen LogP contribution >= 0.6 is 0 Å². The zero-order valence-electron chi connectivity index (χ0n) is 12.7. The van der Waals surface area contributed by atoms with E-state index in [0.717, 1.165) is 24.1 Å². The van der Waals surface area contributed by atoms with E-state index in [0.29, 0.717) is 12.0 Å². The molecule has 0 saturated heterocycles. The lowest BCUT2D eigenvalue weighted by Crippen LogP contribution is -2.46. The molecule has 0 radical (unpaired) electrons. The second-order valence-corrected chi connectivity index (χ2v) is 6.86. The molecule has 4 nitrogen and oxygen atoms in total. The fourth-order valence-corrected chi connectivity index (χ4v) is 3.36. The summed E-state index contributed by atoms with van der Waals surface area (Å²) in [5.41, 5.74) is 2.51. The Morgan fingerprint density at radius 1 is 1.33 bits per heavy atom. The van der Waals surface area contributed by atoms with E-state index >= 15 is 0 Å². The number of amides is 2. The first-order chi connectivity index (χ1) is 9.95. The van der Waals surface area contributed by atoms with Gasteiger partial charge in [-0.15, -0.1) is 0 Å². The zero-order valence-corrected chi connectivity index (χ0v) is 12.7. The molecule has 1 heterocycles. The van der Waals surface area contributed by atoms with Gasteiger partial charge in [-0.1, -0.05) is 32.8 Å². The van der Waals surface area contributed by atoms with E-state index in [2.05, 4.69) is 24.5 Å². The number of carbonyl (C=O) groups is 2. The van der Waals surface area contributed by atoms with Crippen LogP contribution in [0.1, 0.15) is 55.5 Å². The maximum absolute atomic E-state index is 12.5. The molecular formula is C17H22N2O2. The zero-order chi connectivity index (χ0) is 15.0. The van der Waals surface area contributed by atoms with Crippen molar-refractivity contribution in [2.45, 2.75) is 52.0 Å². The van der Waals surface area contributed by atoms with Gasteiger partial charge in [-0.2, -0.15) is 0 Å². The van der Waals surface area contributed by atoms with Gasteiger partial charge in [0.15, 0.2) is 0 Å². The summed E-state index contributed by atoms with van der Waals surface area (Å²) in [6.07, 6.45) is 5.02. The molecule has 1 unspecified atom stereocenters. The molecule has 1 atom stereocenters. The van der Waals surface area contributed by atoms with Gasteiger partial charge >= 0.3 is 0 Å². The van der Waals surface area contributed by atoms with E-state index in [1.165, 1.54) is 12.8 Å². The molecule has 3 rings (SSSR count). The minimum Gasteiger partial charge on any atom is -0.349 e. The monoisotopic (exact) mass is 286 g/mol. The van der Waals surface area contributed by atoms with Crippen molar-refractivity contribution < 1.29 is 9.59 Å². The highest BCUT2D eigenvalue weighted by atomic mass is 16.2. The number of benzene rings is 1. The van der Waals surface area contributed by atoms with Crippen LogP contribution in [0.3, 0.4) is 0 Å². The van der Waals surface area contributed by atoms with Crippen LogP contribution in [0.4, 0.5) is 5.69 Å². The van der Waals surface area contributed by atoms with Gasteiger partial charge in [0, 0.05) is 17.3 Å². The Balaban J connectivity index is 1.74. The number of hydrogen-bond donors (Lipinski definition) is 2. The normalized spacial score (nSPS) is 23.3. The summed E-state index contributed by atoms with van der Waals surface area (Å²) < 4.78 is 0. The van der Waals surface area contributed by atoms with E-state index in [1.54, 1.807) is 6.07 Å². The molecule has 1 aliphatic carbocycles. The number of hydrogen-bond acceptors (Lipinski definition) is 2. The van der Waals surface area contributed by atoms with Gasteiger partial charge in [0.05, 0.1) is 6.42 Å². The van der Waals surface area contributed by atoms with Gasteiger partial charge in [-0.3, -0.25) is 9.59 Å². The quantitative estimate of drug-likeness (QED) is 0.878. The number of anilines is 1. The van der Waals surface area contributed by atoms with E-state index < -0.39 is 0 Å². The first-order valence-corrected chi connectivity index (χ1v) is 7.69. The number of fused-ring (bicyclic) bond motifs is 1. The standard InChI is InChI=1S/C17H22N2O2/c1-17(2)8-4-3-5-14(17)19-16(21)12-7-6-11-10-15(20)18-13(11)9-12/h6-7,9,14H,3-5,8,10H2,1-2H3,(H,18,20)(H,19,21). The molecule has 1 aliphatic heterocycles. The maximum Gasteiger partial charge on any atom is 0.251 e. The Bertz CT molecular complexity index is 592. The lowest BCUT2D eigenvalue weighted by atomic mass is 9.73. The first kappa shape index (κ1) is 14.1. The lowest BCUT2D eigenvalue weighted by Gasteiger charge is -2.39. The highest BCUT2D eigenvalue weighted by molar-refractivity contribution is 6.02.